The van der Waals surface area contributed by atoms with Gasteiger partial charge in [-0.3, -0.25) is 4.79 Å². The molecule has 0 radical (unpaired) electrons. The van der Waals surface area contributed by atoms with Crippen molar-refractivity contribution in [1.82, 2.24) is 14.9 Å². The quantitative estimate of drug-likeness (QED) is 0.455. The fourth-order valence-electron chi connectivity index (χ4n) is 2.24. The third kappa shape index (κ3) is 4.71. The molecule has 3 rings (SSSR count). The Morgan fingerprint density at radius 3 is 2.78 bits per heavy atom. The summed E-state index contributed by atoms with van der Waals surface area (Å²) in [5, 5.41) is 11.9. The van der Waals surface area contributed by atoms with Crippen LogP contribution in [0, 0.1) is 5.82 Å². The number of hydrogen-bond donors (Lipinski definition) is 2. The first-order valence-corrected chi connectivity index (χ1v) is 9.53. The molecule has 0 aliphatic rings. The maximum Gasteiger partial charge on any atom is 0.225 e. The van der Waals surface area contributed by atoms with E-state index in [1.54, 1.807) is 30.3 Å². The Morgan fingerprint density at radius 2 is 2.00 bits per heavy atom. The SMILES string of the molecule is Nn1c(SCCC(=O)Nc2ccccc2F)nnc1-c1cc(Cl)ccc1Cl. The lowest BCUT2D eigenvalue weighted by molar-refractivity contribution is -0.115. The zero-order valence-corrected chi connectivity index (χ0v) is 16.2. The summed E-state index contributed by atoms with van der Waals surface area (Å²) in [6.45, 7) is 0. The number of nitrogens with zero attached hydrogens (tertiary/aromatic N) is 3. The second-order valence-electron chi connectivity index (χ2n) is 5.43. The summed E-state index contributed by atoms with van der Waals surface area (Å²) in [5.74, 6) is 5.99. The van der Waals surface area contributed by atoms with Crippen LogP contribution in [0.1, 0.15) is 6.42 Å². The first kappa shape index (κ1) is 19.5. The maximum atomic E-state index is 13.5. The predicted molar refractivity (Wildman–Crippen MR) is 106 cm³/mol. The van der Waals surface area contributed by atoms with E-state index in [0.29, 0.717) is 32.3 Å². The molecule has 0 saturated heterocycles. The van der Waals surface area contributed by atoms with Gasteiger partial charge in [0.05, 0.1) is 10.7 Å². The predicted octanol–water partition coefficient (Wildman–Crippen LogP) is 4.23. The molecule has 0 atom stereocenters. The topological polar surface area (TPSA) is 85.8 Å². The average molecular weight is 426 g/mol. The number of nitrogens with two attached hydrogens (primary N) is 1. The van der Waals surface area contributed by atoms with Crippen LogP contribution in [0.4, 0.5) is 10.1 Å². The van der Waals surface area contributed by atoms with Crippen LogP contribution in [0.25, 0.3) is 11.4 Å². The number of hydrogen-bond acceptors (Lipinski definition) is 5. The average Bonchev–Trinajstić information content (AvgIpc) is 3.00. The van der Waals surface area contributed by atoms with Crippen LogP contribution >= 0.6 is 35.0 Å². The molecular weight excluding hydrogens is 412 g/mol. The summed E-state index contributed by atoms with van der Waals surface area (Å²) in [5.41, 5.74) is 0.704. The molecule has 140 valence electrons. The molecule has 1 aromatic heterocycles. The van der Waals surface area contributed by atoms with E-state index in [9.17, 15) is 9.18 Å². The van der Waals surface area contributed by atoms with Crippen molar-refractivity contribution in [2.45, 2.75) is 11.6 Å². The molecule has 1 heterocycles. The molecule has 0 aliphatic carbocycles. The Labute approximate surface area is 168 Å². The molecule has 0 saturated carbocycles. The molecule has 27 heavy (non-hydrogen) atoms. The van der Waals surface area contributed by atoms with Gasteiger partial charge in [0.2, 0.25) is 11.1 Å². The van der Waals surface area contributed by atoms with E-state index in [-0.39, 0.29) is 18.0 Å². The minimum absolute atomic E-state index is 0.146. The lowest BCUT2D eigenvalue weighted by Gasteiger charge is -2.07. The van der Waals surface area contributed by atoms with Gasteiger partial charge in [0.1, 0.15) is 5.82 Å². The van der Waals surface area contributed by atoms with E-state index >= 15 is 0 Å². The van der Waals surface area contributed by atoms with Crippen LogP contribution in [0.3, 0.4) is 0 Å². The van der Waals surface area contributed by atoms with E-state index in [1.165, 1.54) is 28.6 Å². The lowest BCUT2D eigenvalue weighted by Crippen LogP contribution is -2.14. The van der Waals surface area contributed by atoms with Crippen molar-refractivity contribution < 1.29 is 9.18 Å². The van der Waals surface area contributed by atoms with E-state index in [0.717, 1.165) is 0 Å². The molecule has 0 unspecified atom stereocenters. The van der Waals surface area contributed by atoms with Crippen molar-refractivity contribution in [3.8, 4) is 11.4 Å². The molecule has 0 fully saturated rings. The minimum atomic E-state index is -0.483. The third-order valence-electron chi connectivity index (χ3n) is 3.54. The number of aromatic nitrogens is 3. The number of benzene rings is 2. The molecule has 1 amide bonds. The monoisotopic (exact) mass is 425 g/mol. The lowest BCUT2D eigenvalue weighted by atomic mass is 10.2. The van der Waals surface area contributed by atoms with E-state index in [2.05, 4.69) is 15.5 Å². The maximum absolute atomic E-state index is 13.5. The Balaban J connectivity index is 1.61. The Kier molecular flexibility index (Phi) is 6.20. The smallest absolute Gasteiger partial charge is 0.225 e. The molecule has 3 aromatic rings. The van der Waals surface area contributed by atoms with Crippen molar-refractivity contribution in [1.29, 1.82) is 0 Å². The summed E-state index contributed by atoms with van der Waals surface area (Å²) in [4.78, 5) is 12.0. The fourth-order valence-corrected chi connectivity index (χ4v) is 3.41. The van der Waals surface area contributed by atoms with Gasteiger partial charge in [-0.05, 0) is 30.3 Å². The Morgan fingerprint density at radius 1 is 1.22 bits per heavy atom. The number of amides is 1. The number of nitrogen functional groups attached to an aromatic ring is 1. The zero-order valence-electron chi connectivity index (χ0n) is 13.8. The van der Waals surface area contributed by atoms with Gasteiger partial charge in [-0.25, -0.2) is 9.07 Å². The van der Waals surface area contributed by atoms with Gasteiger partial charge in [0.25, 0.3) is 0 Å². The van der Waals surface area contributed by atoms with Crippen LogP contribution < -0.4 is 11.2 Å². The molecule has 3 N–H and O–H groups in total. The van der Waals surface area contributed by atoms with Gasteiger partial charge in [0.15, 0.2) is 5.82 Å². The van der Waals surface area contributed by atoms with Gasteiger partial charge in [-0.15, -0.1) is 10.2 Å². The Hall–Kier alpha value is -2.29. The third-order valence-corrected chi connectivity index (χ3v) is 5.05. The van der Waals surface area contributed by atoms with Gasteiger partial charge in [-0.1, -0.05) is 47.1 Å². The van der Waals surface area contributed by atoms with Crippen molar-refractivity contribution in [3.05, 3.63) is 58.3 Å². The highest BCUT2D eigenvalue weighted by atomic mass is 35.5. The van der Waals surface area contributed by atoms with Crippen molar-refractivity contribution in [2.75, 3.05) is 16.9 Å². The Bertz CT molecular complexity index is 982. The van der Waals surface area contributed by atoms with Crippen LogP contribution in [0.2, 0.25) is 10.0 Å². The normalized spacial score (nSPS) is 10.8. The number of rotatable bonds is 6. The standard InChI is InChI=1S/C17H14Cl2FN5OS/c18-10-5-6-12(19)11(9-10)16-23-24-17(25(16)21)27-8-7-15(26)22-14-4-2-1-3-13(14)20/h1-6,9H,7-8,21H2,(H,22,26). The van der Waals surface area contributed by atoms with Crippen LogP contribution in [-0.2, 0) is 4.79 Å². The molecular formula is C17H14Cl2FN5OS. The summed E-state index contributed by atoms with van der Waals surface area (Å²) in [7, 11) is 0. The number of halogens is 3. The summed E-state index contributed by atoms with van der Waals surface area (Å²) >= 11 is 13.4. The molecule has 0 aliphatic heterocycles. The largest absolute Gasteiger partial charge is 0.335 e. The zero-order chi connectivity index (χ0) is 19.4. The molecule has 6 nitrogen and oxygen atoms in total. The number of carbonyl (C=O) groups is 1. The van der Waals surface area contributed by atoms with Crippen molar-refractivity contribution in [2.24, 2.45) is 0 Å². The van der Waals surface area contributed by atoms with Crippen molar-refractivity contribution >= 4 is 46.6 Å². The van der Waals surface area contributed by atoms with Gasteiger partial charge in [0, 0.05) is 22.8 Å². The second kappa shape index (κ2) is 8.60. The number of thioether (sulfide) groups is 1. The first-order valence-electron chi connectivity index (χ1n) is 7.79. The molecule has 2 aromatic carbocycles. The molecule has 10 heteroatoms. The summed E-state index contributed by atoms with van der Waals surface area (Å²) in [6, 6.07) is 10.9. The van der Waals surface area contributed by atoms with Gasteiger partial charge < -0.3 is 11.2 Å². The van der Waals surface area contributed by atoms with Gasteiger partial charge in [-0.2, -0.15) is 0 Å². The molecule has 0 bridgehead atoms. The van der Waals surface area contributed by atoms with Crippen LogP contribution in [-0.4, -0.2) is 26.5 Å². The fraction of sp³-hybridized carbons (Fsp3) is 0.118. The second-order valence-corrected chi connectivity index (χ2v) is 7.33. The summed E-state index contributed by atoms with van der Waals surface area (Å²) in [6.07, 6.45) is 0.152. The van der Waals surface area contributed by atoms with Crippen LogP contribution in [0.15, 0.2) is 47.6 Å². The number of anilines is 1. The van der Waals surface area contributed by atoms with E-state index < -0.39 is 5.82 Å². The van der Waals surface area contributed by atoms with Gasteiger partial charge >= 0.3 is 0 Å². The minimum Gasteiger partial charge on any atom is -0.335 e. The van der Waals surface area contributed by atoms with Crippen LogP contribution in [0.5, 0.6) is 0 Å². The van der Waals surface area contributed by atoms with Crippen molar-refractivity contribution in [3.63, 3.8) is 0 Å². The van der Waals surface area contributed by atoms with E-state index in [1.807, 2.05) is 0 Å². The highest BCUT2D eigenvalue weighted by Gasteiger charge is 2.16. The molecule has 0 spiro atoms. The number of carbonyl (C=O) groups excluding carboxylic acids is 1. The first-order chi connectivity index (χ1) is 13.0. The highest BCUT2D eigenvalue weighted by Crippen LogP contribution is 2.30. The van der Waals surface area contributed by atoms with E-state index in [4.69, 9.17) is 29.0 Å². The summed E-state index contributed by atoms with van der Waals surface area (Å²) < 4.78 is 14.8. The highest BCUT2D eigenvalue weighted by molar-refractivity contribution is 7.99. The number of nitrogens with one attached hydrogen (secondary N) is 1. The number of para-hydroxylation sites is 1.